The summed E-state index contributed by atoms with van der Waals surface area (Å²) in [5.41, 5.74) is 5.77. The van der Waals surface area contributed by atoms with Crippen molar-refractivity contribution in [2.24, 2.45) is 5.73 Å². The molecule has 0 aliphatic rings. The van der Waals surface area contributed by atoms with E-state index in [1.165, 1.54) is 11.3 Å². The molecule has 2 amide bonds. The van der Waals surface area contributed by atoms with Crippen LogP contribution in [0.4, 0.5) is 0 Å². The Bertz CT molecular complexity index is 411. The minimum absolute atomic E-state index is 0. The summed E-state index contributed by atoms with van der Waals surface area (Å²) < 4.78 is 0. The van der Waals surface area contributed by atoms with Gasteiger partial charge in [0.2, 0.25) is 5.91 Å². The molecule has 0 fully saturated rings. The Morgan fingerprint density at radius 1 is 1.37 bits per heavy atom. The number of rotatable bonds is 7. The highest BCUT2D eigenvalue weighted by Crippen LogP contribution is 2.08. The zero-order valence-electron chi connectivity index (χ0n) is 10.8. The minimum Gasteiger partial charge on any atom is -0.356 e. The fourth-order valence-corrected chi connectivity index (χ4v) is 1.90. The highest BCUT2D eigenvalue weighted by atomic mass is 35.5. The second-order valence-corrected chi connectivity index (χ2v) is 4.63. The molecule has 0 aliphatic carbocycles. The average Bonchev–Trinajstić information content (AvgIpc) is 2.85. The van der Waals surface area contributed by atoms with Gasteiger partial charge in [0.25, 0.3) is 5.91 Å². The van der Waals surface area contributed by atoms with Crippen molar-refractivity contribution in [1.29, 1.82) is 0 Å². The standard InChI is InChI=1S/C11H18N4O2S.ClH/c1-2-4-13-9(16)3-5-14-11(17)8-7-18-10(6-12)15-8;/h7H,2-6,12H2,1H3,(H,13,16)(H,14,17);1H. The van der Waals surface area contributed by atoms with Crippen molar-refractivity contribution >= 4 is 35.6 Å². The lowest BCUT2D eigenvalue weighted by Crippen LogP contribution is -2.31. The van der Waals surface area contributed by atoms with Crippen LogP contribution in [0.3, 0.4) is 0 Å². The van der Waals surface area contributed by atoms with Crippen LogP contribution in [0.15, 0.2) is 5.38 Å². The van der Waals surface area contributed by atoms with Crippen molar-refractivity contribution < 1.29 is 9.59 Å². The van der Waals surface area contributed by atoms with Gasteiger partial charge in [0.15, 0.2) is 0 Å². The van der Waals surface area contributed by atoms with Crippen molar-refractivity contribution in [2.45, 2.75) is 26.3 Å². The van der Waals surface area contributed by atoms with Crippen molar-refractivity contribution in [3.63, 3.8) is 0 Å². The minimum atomic E-state index is -0.269. The lowest BCUT2D eigenvalue weighted by molar-refractivity contribution is -0.120. The SMILES string of the molecule is CCCNC(=O)CCNC(=O)c1csc(CN)n1.Cl. The summed E-state index contributed by atoms with van der Waals surface area (Å²) in [6, 6.07) is 0. The molecule has 0 bridgehead atoms. The first-order valence-electron chi connectivity index (χ1n) is 5.86. The van der Waals surface area contributed by atoms with E-state index in [2.05, 4.69) is 15.6 Å². The van der Waals surface area contributed by atoms with Gasteiger partial charge in [-0.1, -0.05) is 6.92 Å². The number of hydrogen-bond acceptors (Lipinski definition) is 5. The number of halogens is 1. The van der Waals surface area contributed by atoms with Crippen LogP contribution in [0, 0.1) is 0 Å². The number of carbonyl (C=O) groups is 2. The largest absolute Gasteiger partial charge is 0.356 e. The van der Waals surface area contributed by atoms with Crippen molar-refractivity contribution in [2.75, 3.05) is 13.1 Å². The smallest absolute Gasteiger partial charge is 0.270 e. The maximum Gasteiger partial charge on any atom is 0.270 e. The molecule has 0 spiro atoms. The molecule has 0 unspecified atom stereocenters. The van der Waals surface area contributed by atoms with Crippen LogP contribution in [-0.4, -0.2) is 29.9 Å². The first-order valence-corrected chi connectivity index (χ1v) is 6.74. The van der Waals surface area contributed by atoms with E-state index in [4.69, 9.17) is 5.73 Å². The van der Waals surface area contributed by atoms with Gasteiger partial charge < -0.3 is 16.4 Å². The highest BCUT2D eigenvalue weighted by molar-refractivity contribution is 7.09. The van der Waals surface area contributed by atoms with Crippen LogP contribution < -0.4 is 16.4 Å². The summed E-state index contributed by atoms with van der Waals surface area (Å²) in [5, 5.41) is 7.77. The molecule has 8 heteroatoms. The molecule has 1 aromatic heterocycles. The van der Waals surface area contributed by atoms with Crippen molar-refractivity contribution in [3.05, 3.63) is 16.1 Å². The third kappa shape index (κ3) is 6.51. The quantitative estimate of drug-likeness (QED) is 0.689. The van der Waals surface area contributed by atoms with Gasteiger partial charge >= 0.3 is 0 Å². The second kappa shape index (κ2) is 9.71. The number of nitrogens with two attached hydrogens (primary N) is 1. The Hall–Kier alpha value is -1.18. The predicted molar refractivity (Wildman–Crippen MR) is 77.5 cm³/mol. The number of amides is 2. The van der Waals surface area contributed by atoms with Crippen LogP contribution in [0.1, 0.15) is 35.3 Å². The molecule has 1 aromatic rings. The molecular weight excluding hydrogens is 288 g/mol. The van der Waals surface area contributed by atoms with E-state index in [0.29, 0.717) is 25.3 Å². The summed E-state index contributed by atoms with van der Waals surface area (Å²) in [6.45, 7) is 3.29. The number of hydrogen-bond donors (Lipinski definition) is 3. The van der Waals surface area contributed by atoms with E-state index in [-0.39, 0.29) is 30.6 Å². The van der Waals surface area contributed by atoms with Gasteiger partial charge in [0, 0.05) is 31.4 Å². The zero-order chi connectivity index (χ0) is 13.4. The van der Waals surface area contributed by atoms with E-state index < -0.39 is 0 Å². The topological polar surface area (TPSA) is 97.1 Å². The van der Waals surface area contributed by atoms with Gasteiger partial charge in [-0.05, 0) is 6.42 Å². The van der Waals surface area contributed by atoms with E-state index in [0.717, 1.165) is 11.4 Å². The molecule has 19 heavy (non-hydrogen) atoms. The van der Waals surface area contributed by atoms with E-state index in [9.17, 15) is 9.59 Å². The Labute approximate surface area is 122 Å². The molecular formula is C11H19ClN4O2S. The Balaban J connectivity index is 0.00000324. The average molecular weight is 307 g/mol. The summed E-state index contributed by atoms with van der Waals surface area (Å²) in [7, 11) is 0. The first-order chi connectivity index (χ1) is 8.67. The summed E-state index contributed by atoms with van der Waals surface area (Å²) >= 11 is 1.35. The van der Waals surface area contributed by atoms with Crippen LogP contribution in [0.2, 0.25) is 0 Å². The molecule has 6 nitrogen and oxygen atoms in total. The number of thiazole rings is 1. The van der Waals surface area contributed by atoms with Gasteiger partial charge in [-0.25, -0.2) is 4.98 Å². The molecule has 1 heterocycles. The first kappa shape index (κ1) is 17.8. The summed E-state index contributed by atoms with van der Waals surface area (Å²) in [4.78, 5) is 27.0. The number of aromatic nitrogens is 1. The number of nitrogens with one attached hydrogen (secondary N) is 2. The number of nitrogens with zero attached hydrogens (tertiary/aromatic N) is 1. The van der Waals surface area contributed by atoms with Crippen LogP contribution in [-0.2, 0) is 11.3 Å². The maximum absolute atomic E-state index is 11.6. The molecule has 0 saturated carbocycles. The van der Waals surface area contributed by atoms with Crippen molar-refractivity contribution in [3.8, 4) is 0 Å². The fourth-order valence-electron chi connectivity index (χ4n) is 1.24. The van der Waals surface area contributed by atoms with Gasteiger partial charge in [0.05, 0.1) is 0 Å². The second-order valence-electron chi connectivity index (χ2n) is 3.69. The van der Waals surface area contributed by atoms with Gasteiger partial charge in [0.1, 0.15) is 10.7 Å². The molecule has 0 atom stereocenters. The molecule has 0 saturated heterocycles. The molecule has 0 aliphatic heterocycles. The fraction of sp³-hybridized carbons (Fsp3) is 0.545. The molecule has 0 aromatic carbocycles. The van der Waals surface area contributed by atoms with Crippen LogP contribution in [0.25, 0.3) is 0 Å². The van der Waals surface area contributed by atoms with Crippen LogP contribution >= 0.6 is 23.7 Å². The van der Waals surface area contributed by atoms with Gasteiger partial charge in [-0.15, -0.1) is 23.7 Å². The predicted octanol–water partition coefficient (Wildman–Crippen LogP) is 0.670. The lowest BCUT2D eigenvalue weighted by Gasteiger charge is -2.04. The highest BCUT2D eigenvalue weighted by Gasteiger charge is 2.10. The monoisotopic (exact) mass is 306 g/mol. The molecule has 4 N–H and O–H groups in total. The normalized spacial score (nSPS) is 9.58. The third-order valence-corrected chi connectivity index (χ3v) is 3.04. The third-order valence-electron chi connectivity index (χ3n) is 2.17. The molecule has 108 valence electrons. The zero-order valence-corrected chi connectivity index (χ0v) is 12.4. The Morgan fingerprint density at radius 3 is 2.68 bits per heavy atom. The van der Waals surface area contributed by atoms with Crippen molar-refractivity contribution in [1.82, 2.24) is 15.6 Å². The Kier molecular flexibility index (Phi) is 9.11. The van der Waals surface area contributed by atoms with Crippen LogP contribution in [0.5, 0.6) is 0 Å². The molecule has 0 radical (unpaired) electrons. The van der Waals surface area contributed by atoms with E-state index in [1.807, 2.05) is 6.92 Å². The van der Waals surface area contributed by atoms with E-state index >= 15 is 0 Å². The van der Waals surface area contributed by atoms with E-state index in [1.54, 1.807) is 5.38 Å². The van der Waals surface area contributed by atoms with Gasteiger partial charge in [-0.3, -0.25) is 9.59 Å². The molecule has 1 rings (SSSR count). The van der Waals surface area contributed by atoms with Gasteiger partial charge in [-0.2, -0.15) is 0 Å². The lowest BCUT2D eigenvalue weighted by atomic mass is 10.3. The maximum atomic E-state index is 11.6. The summed E-state index contributed by atoms with van der Waals surface area (Å²) in [6.07, 6.45) is 1.18. The number of carbonyl (C=O) groups excluding carboxylic acids is 2. The Morgan fingerprint density at radius 2 is 2.11 bits per heavy atom. The summed E-state index contributed by atoms with van der Waals surface area (Å²) in [5.74, 6) is -0.327.